The van der Waals surface area contributed by atoms with E-state index in [1.807, 2.05) is 66.7 Å². The molecule has 2 aromatic carbocycles. The number of anilines is 2. The van der Waals surface area contributed by atoms with Crippen LogP contribution in [-0.4, -0.2) is 9.97 Å². The first-order chi connectivity index (χ1) is 13.3. The van der Waals surface area contributed by atoms with E-state index in [1.165, 1.54) is 6.33 Å². The highest BCUT2D eigenvalue weighted by Gasteiger charge is 2.13. The summed E-state index contributed by atoms with van der Waals surface area (Å²) in [6, 6.07) is 17.4. The summed E-state index contributed by atoms with van der Waals surface area (Å²) < 4.78 is 5.85. The van der Waals surface area contributed by atoms with Gasteiger partial charge in [0.25, 0.3) is 0 Å². The van der Waals surface area contributed by atoms with Gasteiger partial charge < -0.3 is 15.8 Å². The molecular weight excluding hydrogens is 336 g/mol. The van der Waals surface area contributed by atoms with E-state index < -0.39 is 0 Å². The molecular formula is C22H19N4O. The average molecular weight is 355 g/mol. The van der Waals surface area contributed by atoms with Gasteiger partial charge in [-0.15, -0.1) is 0 Å². The number of hydrogen-bond donors (Lipinski definition) is 2. The number of hydrogen-bond acceptors (Lipinski definition) is 5. The predicted octanol–water partition coefficient (Wildman–Crippen LogP) is 4.98. The maximum Gasteiger partial charge on any atom is 0.143 e. The van der Waals surface area contributed by atoms with Gasteiger partial charge in [0.05, 0.1) is 5.56 Å². The standard InChI is InChI=1S/C22H19N4O/c23-21-20(22(25-15-24-21)26-17-7-3-1-4-8-17)16-11-13-19(14-12-16)27-18-9-5-2-6-10-18/h1-3,5-15H,4H2,(H3,23,24,25,26). The number of nitrogens with zero attached hydrogens (tertiary/aromatic N) is 2. The van der Waals surface area contributed by atoms with Gasteiger partial charge in [-0.25, -0.2) is 9.97 Å². The summed E-state index contributed by atoms with van der Waals surface area (Å²) >= 11 is 0. The van der Waals surface area contributed by atoms with Crippen LogP contribution in [0.5, 0.6) is 11.5 Å². The Kier molecular flexibility index (Phi) is 4.83. The summed E-state index contributed by atoms with van der Waals surface area (Å²) in [5.74, 6) is 2.65. The molecule has 4 rings (SSSR count). The molecule has 0 amide bonds. The lowest BCUT2D eigenvalue weighted by molar-refractivity contribution is 0.483. The van der Waals surface area contributed by atoms with Crippen LogP contribution in [0, 0.1) is 6.42 Å². The molecule has 0 spiro atoms. The number of rotatable bonds is 5. The van der Waals surface area contributed by atoms with Crippen LogP contribution in [0.3, 0.4) is 0 Å². The van der Waals surface area contributed by atoms with Gasteiger partial charge in [-0.05, 0) is 48.7 Å². The monoisotopic (exact) mass is 355 g/mol. The van der Waals surface area contributed by atoms with Crippen molar-refractivity contribution in [1.29, 1.82) is 0 Å². The highest BCUT2D eigenvalue weighted by Crippen LogP contribution is 2.33. The molecule has 27 heavy (non-hydrogen) atoms. The van der Waals surface area contributed by atoms with Gasteiger partial charge in [-0.2, -0.15) is 0 Å². The highest BCUT2D eigenvalue weighted by molar-refractivity contribution is 5.84. The Hall–Kier alpha value is -3.60. The van der Waals surface area contributed by atoms with Crippen LogP contribution in [0.4, 0.5) is 11.6 Å². The van der Waals surface area contributed by atoms with Gasteiger partial charge in [0.2, 0.25) is 0 Å². The molecule has 0 saturated heterocycles. The van der Waals surface area contributed by atoms with Crippen LogP contribution in [0.25, 0.3) is 11.1 Å². The topological polar surface area (TPSA) is 73.1 Å². The Morgan fingerprint density at radius 3 is 2.44 bits per heavy atom. The van der Waals surface area contributed by atoms with Gasteiger partial charge >= 0.3 is 0 Å². The molecule has 5 heteroatoms. The third-order valence-corrected chi connectivity index (χ3v) is 4.15. The van der Waals surface area contributed by atoms with Crippen molar-refractivity contribution in [1.82, 2.24) is 9.97 Å². The summed E-state index contributed by atoms with van der Waals surface area (Å²) in [5.41, 5.74) is 8.83. The molecule has 3 N–H and O–H groups in total. The minimum Gasteiger partial charge on any atom is -0.457 e. The van der Waals surface area contributed by atoms with Gasteiger partial charge in [-0.1, -0.05) is 42.5 Å². The van der Waals surface area contributed by atoms with E-state index in [2.05, 4.69) is 27.8 Å². The minimum atomic E-state index is 0.427. The van der Waals surface area contributed by atoms with Crippen molar-refractivity contribution in [3.05, 3.63) is 91.3 Å². The molecule has 0 saturated carbocycles. The van der Waals surface area contributed by atoms with Crippen molar-refractivity contribution in [2.45, 2.75) is 6.42 Å². The first kappa shape index (κ1) is 16.8. The fraction of sp³-hybridized carbons (Fsp3) is 0.0455. The third kappa shape index (κ3) is 3.98. The highest BCUT2D eigenvalue weighted by atomic mass is 16.5. The number of nitrogens with two attached hydrogens (primary N) is 1. The normalized spacial score (nSPS) is 13.1. The number of nitrogen functional groups attached to an aromatic ring is 1. The van der Waals surface area contributed by atoms with Crippen LogP contribution in [-0.2, 0) is 0 Å². The van der Waals surface area contributed by atoms with E-state index >= 15 is 0 Å². The fourth-order valence-corrected chi connectivity index (χ4v) is 2.84. The van der Waals surface area contributed by atoms with Crippen molar-refractivity contribution in [3.8, 4) is 22.6 Å². The quantitative estimate of drug-likeness (QED) is 0.675. The van der Waals surface area contributed by atoms with Gasteiger partial charge in [0, 0.05) is 5.70 Å². The van der Waals surface area contributed by atoms with E-state index in [9.17, 15) is 0 Å². The molecule has 0 fully saturated rings. The van der Waals surface area contributed by atoms with Crippen LogP contribution >= 0.6 is 0 Å². The Morgan fingerprint density at radius 1 is 0.926 bits per heavy atom. The lowest BCUT2D eigenvalue weighted by Crippen LogP contribution is -2.06. The zero-order valence-electron chi connectivity index (χ0n) is 14.7. The number of aromatic nitrogens is 2. The van der Waals surface area contributed by atoms with Crippen molar-refractivity contribution < 1.29 is 4.74 Å². The molecule has 133 valence electrons. The number of ether oxygens (including phenoxy) is 1. The summed E-state index contributed by atoms with van der Waals surface area (Å²) in [6.07, 6.45) is 10.6. The van der Waals surface area contributed by atoms with E-state index in [0.717, 1.165) is 34.7 Å². The van der Waals surface area contributed by atoms with Gasteiger partial charge in [-0.3, -0.25) is 0 Å². The SMILES string of the molecule is Nc1ncnc(NC2=CC[CH]C=C2)c1-c1ccc(Oc2ccccc2)cc1. The summed E-state index contributed by atoms with van der Waals surface area (Å²) in [4.78, 5) is 8.53. The van der Waals surface area contributed by atoms with Crippen LogP contribution in [0.2, 0.25) is 0 Å². The first-order valence-electron chi connectivity index (χ1n) is 8.70. The molecule has 0 aliphatic heterocycles. The second kappa shape index (κ2) is 7.74. The Morgan fingerprint density at radius 2 is 1.70 bits per heavy atom. The predicted molar refractivity (Wildman–Crippen MR) is 108 cm³/mol. The van der Waals surface area contributed by atoms with Crippen molar-refractivity contribution in [2.75, 3.05) is 11.1 Å². The van der Waals surface area contributed by atoms with E-state index in [0.29, 0.717) is 11.6 Å². The smallest absolute Gasteiger partial charge is 0.143 e. The van der Waals surface area contributed by atoms with Crippen molar-refractivity contribution >= 4 is 11.6 Å². The lowest BCUT2D eigenvalue weighted by atomic mass is 10.1. The average Bonchev–Trinajstić information content (AvgIpc) is 2.71. The minimum absolute atomic E-state index is 0.427. The molecule has 1 radical (unpaired) electrons. The number of para-hydroxylation sites is 1. The first-order valence-corrected chi connectivity index (χ1v) is 8.70. The molecule has 0 atom stereocenters. The van der Waals surface area contributed by atoms with Gasteiger partial charge in [0.1, 0.15) is 29.5 Å². The Balaban J connectivity index is 1.61. The summed E-state index contributed by atoms with van der Waals surface area (Å²) in [7, 11) is 0. The van der Waals surface area contributed by atoms with E-state index in [-0.39, 0.29) is 0 Å². The number of benzene rings is 2. The second-order valence-corrected chi connectivity index (χ2v) is 6.04. The summed E-state index contributed by atoms with van der Waals surface area (Å²) in [6.45, 7) is 0. The van der Waals surface area contributed by atoms with Gasteiger partial charge in [0.15, 0.2) is 0 Å². The summed E-state index contributed by atoms with van der Waals surface area (Å²) in [5, 5.41) is 3.34. The van der Waals surface area contributed by atoms with Crippen LogP contribution < -0.4 is 15.8 Å². The number of nitrogens with one attached hydrogen (secondary N) is 1. The molecule has 1 aliphatic carbocycles. The molecule has 1 aliphatic rings. The zero-order valence-corrected chi connectivity index (χ0v) is 14.7. The van der Waals surface area contributed by atoms with Crippen LogP contribution in [0.15, 0.2) is 84.8 Å². The molecule has 3 aromatic rings. The molecule has 1 aromatic heterocycles. The maximum atomic E-state index is 6.15. The maximum absolute atomic E-state index is 6.15. The van der Waals surface area contributed by atoms with E-state index in [4.69, 9.17) is 10.5 Å². The van der Waals surface area contributed by atoms with Crippen molar-refractivity contribution in [2.24, 2.45) is 0 Å². The zero-order chi connectivity index (χ0) is 18.5. The third-order valence-electron chi connectivity index (χ3n) is 4.15. The fourth-order valence-electron chi connectivity index (χ4n) is 2.84. The number of allylic oxidation sites excluding steroid dienone is 3. The van der Waals surface area contributed by atoms with Crippen LogP contribution in [0.1, 0.15) is 6.42 Å². The van der Waals surface area contributed by atoms with E-state index in [1.54, 1.807) is 0 Å². The molecule has 5 nitrogen and oxygen atoms in total. The molecule has 0 unspecified atom stereocenters. The molecule has 0 bridgehead atoms. The Bertz CT molecular complexity index is 979. The van der Waals surface area contributed by atoms with Crippen molar-refractivity contribution in [3.63, 3.8) is 0 Å². The second-order valence-electron chi connectivity index (χ2n) is 6.04. The molecule has 1 heterocycles. The largest absolute Gasteiger partial charge is 0.457 e. The lowest BCUT2D eigenvalue weighted by Gasteiger charge is -2.15. The Labute approximate surface area is 158 Å².